The number of amides is 2. The molecule has 1 aromatic rings. The number of hydrogen-bond donors (Lipinski definition) is 0. The first kappa shape index (κ1) is 21.4. The Morgan fingerprint density at radius 2 is 1.79 bits per heavy atom. The minimum Gasteiger partial charge on any atom is -0.493 e. The van der Waals surface area contributed by atoms with Crippen LogP contribution in [0.25, 0.3) is 6.08 Å². The average molecular weight is 439 g/mol. The summed E-state index contributed by atoms with van der Waals surface area (Å²) in [6.45, 7) is 1.98. The molecular weight excluding hydrogens is 416 g/mol. The minimum atomic E-state index is -0.296. The molecule has 0 N–H and O–H groups in total. The van der Waals surface area contributed by atoms with E-state index in [1.807, 2.05) is 0 Å². The summed E-state index contributed by atoms with van der Waals surface area (Å²) in [7, 11) is 4.58. The molecule has 0 atom stereocenters. The van der Waals surface area contributed by atoms with Gasteiger partial charge in [0.15, 0.2) is 11.5 Å². The maximum absolute atomic E-state index is 12.8. The summed E-state index contributed by atoms with van der Waals surface area (Å²) in [5.41, 5.74) is 0.694. The minimum absolute atomic E-state index is 0.0722. The number of morpholine rings is 1. The van der Waals surface area contributed by atoms with E-state index in [9.17, 15) is 9.59 Å². The molecule has 2 heterocycles. The number of thiocarbonyl (C=S) groups is 1. The quantitative estimate of drug-likeness (QED) is 0.491. The standard InChI is InChI=1S/C19H22N2O6S2/c1-24-13-8-12(9-14(25-2)17(13)26-3)10-15-18(23)21(19(28)29-15)11-16(22)20-4-6-27-7-5-20/h8-10H,4-7,11H2,1-3H3/b15-10-. The van der Waals surface area contributed by atoms with Gasteiger partial charge in [0.1, 0.15) is 10.9 Å². The lowest BCUT2D eigenvalue weighted by atomic mass is 10.1. The van der Waals surface area contributed by atoms with Gasteiger partial charge in [-0.15, -0.1) is 0 Å². The van der Waals surface area contributed by atoms with Gasteiger partial charge < -0.3 is 23.8 Å². The molecule has 29 heavy (non-hydrogen) atoms. The molecule has 0 spiro atoms. The third-order valence-corrected chi connectivity index (χ3v) is 5.89. The van der Waals surface area contributed by atoms with Gasteiger partial charge in [-0.1, -0.05) is 24.0 Å². The van der Waals surface area contributed by atoms with E-state index in [-0.39, 0.29) is 18.4 Å². The predicted octanol–water partition coefficient (Wildman–Crippen LogP) is 1.77. The largest absolute Gasteiger partial charge is 0.493 e. The van der Waals surface area contributed by atoms with Crippen molar-refractivity contribution in [2.24, 2.45) is 0 Å². The number of ether oxygens (including phenoxy) is 4. The molecule has 10 heteroatoms. The third kappa shape index (κ3) is 4.65. The second-order valence-corrected chi connectivity index (χ2v) is 7.90. The number of thioether (sulfide) groups is 1. The predicted molar refractivity (Wildman–Crippen MR) is 113 cm³/mol. The van der Waals surface area contributed by atoms with Crippen molar-refractivity contribution < 1.29 is 28.5 Å². The molecule has 2 amide bonds. The molecule has 156 valence electrons. The molecule has 2 aliphatic rings. The Bertz CT molecular complexity index is 826. The van der Waals surface area contributed by atoms with Crippen molar-refractivity contribution in [3.8, 4) is 17.2 Å². The highest BCUT2D eigenvalue weighted by molar-refractivity contribution is 8.26. The average Bonchev–Trinajstić information content (AvgIpc) is 3.00. The van der Waals surface area contributed by atoms with E-state index in [1.54, 1.807) is 23.1 Å². The smallest absolute Gasteiger partial charge is 0.266 e. The zero-order valence-electron chi connectivity index (χ0n) is 16.4. The van der Waals surface area contributed by atoms with Crippen LogP contribution >= 0.6 is 24.0 Å². The molecule has 3 rings (SSSR count). The molecular formula is C19H22N2O6S2. The molecule has 2 aliphatic heterocycles. The van der Waals surface area contributed by atoms with Crippen molar-refractivity contribution in [3.63, 3.8) is 0 Å². The highest BCUT2D eigenvalue weighted by Gasteiger charge is 2.34. The number of carbonyl (C=O) groups is 2. The topological polar surface area (TPSA) is 77.5 Å². The third-order valence-electron chi connectivity index (χ3n) is 4.52. The molecule has 0 radical (unpaired) electrons. The number of nitrogens with zero attached hydrogens (tertiary/aromatic N) is 2. The summed E-state index contributed by atoms with van der Waals surface area (Å²) >= 11 is 6.49. The first-order chi connectivity index (χ1) is 14.0. The van der Waals surface area contributed by atoms with E-state index in [0.29, 0.717) is 58.3 Å². The fraction of sp³-hybridized carbons (Fsp3) is 0.421. The van der Waals surface area contributed by atoms with Gasteiger partial charge in [-0.25, -0.2) is 0 Å². The van der Waals surface area contributed by atoms with E-state index in [0.717, 1.165) is 11.8 Å². The molecule has 0 unspecified atom stereocenters. The van der Waals surface area contributed by atoms with E-state index in [2.05, 4.69) is 0 Å². The van der Waals surface area contributed by atoms with Crippen molar-refractivity contribution in [2.75, 3.05) is 54.2 Å². The summed E-state index contributed by atoms with van der Waals surface area (Å²) in [5.74, 6) is 0.997. The van der Waals surface area contributed by atoms with Crippen LogP contribution in [0.1, 0.15) is 5.56 Å². The van der Waals surface area contributed by atoms with E-state index in [4.69, 9.17) is 31.2 Å². The lowest BCUT2D eigenvalue weighted by Crippen LogP contribution is -2.46. The van der Waals surface area contributed by atoms with Crippen LogP contribution in [0.4, 0.5) is 0 Å². The van der Waals surface area contributed by atoms with Crippen LogP contribution in [-0.4, -0.2) is 80.1 Å². The number of hydrogen-bond acceptors (Lipinski definition) is 8. The van der Waals surface area contributed by atoms with Crippen molar-refractivity contribution in [1.82, 2.24) is 9.80 Å². The number of benzene rings is 1. The first-order valence-corrected chi connectivity index (χ1v) is 10.1. The number of methoxy groups -OCH3 is 3. The van der Waals surface area contributed by atoms with Gasteiger partial charge in [0, 0.05) is 13.1 Å². The summed E-state index contributed by atoms with van der Waals surface area (Å²) < 4.78 is 21.6. The van der Waals surface area contributed by atoms with Gasteiger partial charge in [-0.05, 0) is 23.8 Å². The highest BCUT2D eigenvalue weighted by Crippen LogP contribution is 2.40. The van der Waals surface area contributed by atoms with Gasteiger partial charge >= 0.3 is 0 Å². The first-order valence-electron chi connectivity index (χ1n) is 8.89. The van der Waals surface area contributed by atoms with Crippen LogP contribution in [0, 0.1) is 0 Å². The van der Waals surface area contributed by atoms with E-state index >= 15 is 0 Å². The van der Waals surface area contributed by atoms with Crippen LogP contribution in [0.3, 0.4) is 0 Å². The summed E-state index contributed by atoms with van der Waals surface area (Å²) in [6, 6.07) is 3.49. The Hall–Kier alpha value is -2.30. The van der Waals surface area contributed by atoms with Gasteiger partial charge in [-0.3, -0.25) is 14.5 Å². The number of carbonyl (C=O) groups excluding carboxylic acids is 2. The molecule has 0 aromatic heterocycles. The van der Waals surface area contributed by atoms with Crippen LogP contribution < -0.4 is 14.2 Å². The Morgan fingerprint density at radius 1 is 1.17 bits per heavy atom. The van der Waals surface area contributed by atoms with Crippen LogP contribution in [0.5, 0.6) is 17.2 Å². The summed E-state index contributed by atoms with van der Waals surface area (Å²) in [5, 5.41) is 0. The Labute approximate surface area is 178 Å². The molecule has 1 aromatic carbocycles. The Kier molecular flexibility index (Phi) is 6.99. The molecule has 0 saturated carbocycles. The Balaban J connectivity index is 1.80. The summed E-state index contributed by atoms with van der Waals surface area (Å²) in [4.78, 5) is 28.8. The molecule has 2 fully saturated rings. The van der Waals surface area contributed by atoms with Crippen molar-refractivity contribution in [1.29, 1.82) is 0 Å². The van der Waals surface area contributed by atoms with Crippen molar-refractivity contribution >= 4 is 46.2 Å². The lowest BCUT2D eigenvalue weighted by Gasteiger charge is -2.28. The molecule has 0 aliphatic carbocycles. The van der Waals surface area contributed by atoms with Crippen molar-refractivity contribution in [3.05, 3.63) is 22.6 Å². The van der Waals surface area contributed by atoms with Crippen LogP contribution in [-0.2, 0) is 14.3 Å². The molecule has 8 nitrogen and oxygen atoms in total. The van der Waals surface area contributed by atoms with Gasteiger partial charge in [-0.2, -0.15) is 0 Å². The fourth-order valence-corrected chi connectivity index (χ4v) is 4.28. The van der Waals surface area contributed by atoms with Gasteiger partial charge in [0.2, 0.25) is 11.7 Å². The van der Waals surface area contributed by atoms with Gasteiger partial charge in [0.05, 0.1) is 39.4 Å². The normalized spacial score (nSPS) is 18.4. The fourth-order valence-electron chi connectivity index (χ4n) is 3.02. The van der Waals surface area contributed by atoms with E-state index in [1.165, 1.54) is 26.2 Å². The highest BCUT2D eigenvalue weighted by atomic mass is 32.2. The Morgan fingerprint density at radius 3 is 2.34 bits per heavy atom. The van der Waals surface area contributed by atoms with Crippen LogP contribution in [0.15, 0.2) is 17.0 Å². The second-order valence-electron chi connectivity index (χ2n) is 6.22. The lowest BCUT2D eigenvalue weighted by molar-refractivity contribution is -0.138. The number of rotatable bonds is 6. The molecule has 2 saturated heterocycles. The molecule has 0 bridgehead atoms. The second kappa shape index (κ2) is 9.47. The maximum atomic E-state index is 12.8. The monoisotopic (exact) mass is 438 g/mol. The van der Waals surface area contributed by atoms with Crippen LogP contribution in [0.2, 0.25) is 0 Å². The van der Waals surface area contributed by atoms with Crippen molar-refractivity contribution in [2.45, 2.75) is 0 Å². The zero-order valence-corrected chi connectivity index (χ0v) is 18.1. The van der Waals surface area contributed by atoms with Gasteiger partial charge in [0.25, 0.3) is 5.91 Å². The zero-order chi connectivity index (χ0) is 21.0. The summed E-state index contributed by atoms with van der Waals surface area (Å²) in [6.07, 6.45) is 1.70. The van der Waals surface area contributed by atoms with E-state index < -0.39 is 0 Å². The maximum Gasteiger partial charge on any atom is 0.266 e. The SMILES string of the molecule is COc1cc(/C=C2\SC(=S)N(CC(=O)N3CCOCC3)C2=O)cc(OC)c1OC.